The van der Waals surface area contributed by atoms with E-state index in [4.69, 9.17) is 27.9 Å². The lowest BCUT2D eigenvalue weighted by Gasteiger charge is -2.21. The lowest BCUT2D eigenvalue weighted by atomic mass is 9.99. The largest absolute Gasteiger partial charge is 0.493 e. The molecule has 0 spiro atoms. The summed E-state index contributed by atoms with van der Waals surface area (Å²) >= 11 is 0. The van der Waals surface area contributed by atoms with Crippen molar-refractivity contribution < 1.29 is 58.0 Å². The van der Waals surface area contributed by atoms with E-state index in [0.29, 0.717) is 0 Å². The van der Waals surface area contributed by atoms with Crippen LogP contribution in [0, 0.1) is 10.1 Å². The third kappa shape index (κ3) is 12.1. The Labute approximate surface area is 209 Å². The molecule has 0 aliphatic carbocycles. The van der Waals surface area contributed by atoms with E-state index in [2.05, 4.69) is 0 Å². The van der Waals surface area contributed by atoms with Gasteiger partial charge in [-0.2, -0.15) is 25.3 Å². The fraction of sp³-hybridized carbons (Fsp3) is 0.667. The zero-order valence-corrected chi connectivity index (χ0v) is 22.0. The van der Waals surface area contributed by atoms with Crippen molar-refractivity contribution in [1.82, 2.24) is 0 Å². The molecular weight excluding hydrogens is 550 g/mol. The second kappa shape index (κ2) is 13.3. The average Bonchev–Trinajstić information content (AvgIpc) is 2.68. The van der Waals surface area contributed by atoms with Crippen LogP contribution in [0.3, 0.4) is 0 Å². The maximum atomic E-state index is 11.9. The van der Waals surface area contributed by atoms with Crippen LogP contribution >= 0.6 is 0 Å². The SMILES string of the molecule is CC(C)c1c(OCCCS(=O)(=O)O)cc(OCCCS(=O)(=O)O)c([N+](=O)[O-])c1OCCCS(=O)(=O)O. The number of nitro groups is 1. The van der Waals surface area contributed by atoms with Crippen molar-refractivity contribution in [2.75, 3.05) is 37.1 Å². The van der Waals surface area contributed by atoms with Crippen molar-refractivity contribution in [1.29, 1.82) is 0 Å². The predicted octanol–water partition coefficient (Wildman–Crippen LogP) is 1.69. The van der Waals surface area contributed by atoms with Gasteiger partial charge in [-0.1, -0.05) is 13.8 Å². The van der Waals surface area contributed by atoms with Crippen molar-refractivity contribution in [2.45, 2.75) is 39.0 Å². The average molecular weight is 580 g/mol. The molecule has 0 atom stereocenters. The number of hydrogen-bond acceptors (Lipinski definition) is 11. The molecule has 0 saturated heterocycles. The molecule has 0 fully saturated rings. The number of rotatable bonds is 17. The number of benzene rings is 1. The maximum absolute atomic E-state index is 11.9. The molecule has 3 N–H and O–H groups in total. The summed E-state index contributed by atoms with van der Waals surface area (Å²) in [5, 5.41) is 11.9. The van der Waals surface area contributed by atoms with Gasteiger partial charge in [0.1, 0.15) is 5.75 Å². The molecule has 0 aliphatic rings. The normalized spacial score (nSPS) is 12.5. The smallest absolute Gasteiger partial charge is 0.352 e. The summed E-state index contributed by atoms with van der Waals surface area (Å²) in [6.45, 7) is 2.38. The van der Waals surface area contributed by atoms with Gasteiger partial charge in [-0.25, -0.2) is 0 Å². The van der Waals surface area contributed by atoms with E-state index >= 15 is 0 Å². The van der Waals surface area contributed by atoms with Crippen molar-refractivity contribution in [3.05, 3.63) is 21.7 Å². The molecule has 1 rings (SSSR count). The molecule has 15 nitrogen and oxygen atoms in total. The molecule has 36 heavy (non-hydrogen) atoms. The van der Waals surface area contributed by atoms with Crippen molar-refractivity contribution in [3.63, 3.8) is 0 Å². The van der Waals surface area contributed by atoms with Crippen LogP contribution in [-0.2, 0) is 30.4 Å². The lowest BCUT2D eigenvalue weighted by molar-refractivity contribution is -0.387. The first-order chi connectivity index (χ1) is 16.4. The summed E-state index contributed by atoms with van der Waals surface area (Å²) in [6.07, 6.45) is -0.545. The lowest BCUT2D eigenvalue weighted by Crippen LogP contribution is -2.14. The number of ether oxygens (including phenoxy) is 3. The molecule has 0 aliphatic heterocycles. The summed E-state index contributed by atoms with van der Waals surface area (Å²) in [7, 11) is -12.9. The molecule has 208 valence electrons. The Bertz CT molecular complexity index is 1220. The van der Waals surface area contributed by atoms with Gasteiger partial charge in [-0.05, 0) is 25.2 Å². The van der Waals surface area contributed by atoms with E-state index in [1.54, 1.807) is 13.8 Å². The maximum Gasteiger partial charge on any atom is 0.352 e. The first kappa shape index (κ1) is 31.8. The summed E-state index contributed by atoms with van der Waals surface area (Å²) < 4.78 is 109. The van der Waals surface area contributed by atoms with E-state index in [-0.39, 0.29) is 61.9 Å². The van der Waals surface area contributed by atoms with Gasteiger partial charge in [0.05, 0.1) is 42.0 Å². The number of nitro benzene ring substituents is 1. The minimum Gasteiger partial charge on any atom is -0.493 e. The predicted molar refractivity (Wildman–Crippen MR) is 127 cm³/mol. The van der Waals surface area contributed by atoms with Crippen LogP contribution in [0.5, 0.6) is 17.2 Å². The number of nitrogens with zero attached hydrogens (tertiary/aromatic N) is 1. The molecule has 0 unspecified atom stereocenters. The first-order valence-corrected chi connectivity index (χ1v) is 15.3. The highest BCUT2D eigenvalue weighted by molar-refractivity contribution is 7.86. The first-order valence-electron chi connectivity index (χ1n) is 10.5. The van der Waals surface area contributed by atoms with E-state index < -0.39 is 64.1 Å². The van der Waals surface area contributed by atoms with Crippen LogP contribution in [0.4, 0.5) is 5.69 Å². The van der Waals surface area contributed by atoms with Gasteiger partial charge in [-0.15, -0.1) is 0 Å². The third-order valence-electron chi connectivity index (χ3n) is 4.38. The van der Waals surface area contributed by atoms with Crippen LogP contribution in [0.15, 0.2) is 6.07 Å². The molecule has 18 heteroatoms. The van der Waals surface area contributed by atoms with Crippen LogP contribution in [0.1, 0.15) is 44.6 Å². The van der Waals surface area contributed by atoms with E-state index in [0.717, 1.165) is 6.07 Å². The van der Waals surface area contributed by atoms with Crippen LogP contribution < -0.4 is 14.2 Å². The Morgan fingerprint density at radius 1 is 0.778 bits per heavy atom. The third-order valence-corrected chi connectivity index (χ3v) is 6.80. The van der Waals surface area contributed by atoms with Gasteiger partial charge >= 0.3 is 5.69 Å². The number of hydrogen-bond donors (Lipinski definition) is 3. The zero-order chi connectivity index (χ0) is 27.7. The Kier molecular flexibility index (Phi) is 11.8. The molecule has 1 aromatic rings. The summed E-state index contributed by atoms with van der Waals surface area (Å²) in [5.41, 5.74) is -0.464. The van der Waals surface area contributed by atoms with Gasteiger partial charge in [0.15, 0.2) is 0 Å². The Morgan fingerprint density at radius 3 is 1.53 bits per heavy atom. The minimum absolute atomic E-state index is 0.0143. The molecule has 0 heterocycles. The second-order valence-electron chi connectivity index (χ2n) is 7.84. The summed E-state index contributed by atoms with van der Waals surface area (Å²) in [6, 6.07) is 1.15. The summed E-state index contributed by atoms with van der Waals surface area (Å²) in [4.78, 5) is 11.1. The summed E-state index contributed by atoms with van der Waals surface area (Å²) in [5.74, 6) is -3.07. The molecule has 0 amide bonds. The Morgan fingerprint density at radius 2 is 1.17 bits per heavy atom. The van der Waals surface area contributed by atoms with E-state index in [1.165, 1.54) is 0 Å². The van der Waals surface area contributed by atoms with Gasteiger partial charge in [-0.3, -0.25) is 23.8 Å². The zero-order valence-electron chi connectivity index (χ0n) is 19.5. The highest BCUT2D eigenvalue weighted by Gasteiger charge is 2.31. The fourth-order valence-electron chi connectivity index (χ4n) is 2.97. The second-order valence-corrected chi connectivity index (χ2v) is 12.6. The quantitative estimate of drug-likeness (QED) is 0.103. The molecule has 1 aromatic carbocycles. The van der Waals surface area contributed by atoms with Gasteiger partial charge in [0.2, 0.25) is 11.5 Å². The highest BCUT2D eigenvalue weighted by Crippen LogP contribution is 2.48. The van der Waals surface area contributed by atoms with Gasteiger partial charge in [0, 0.05) is 11.6 Å². The Balaban J connectivity index is 3.41. The van der Waals surface area contributed by atoms with Gasteiger partial charge < -0.3 is 14.2 Å². The van der Waals surface area contributed by atoms with Crippen molar-refractivity contribution in [3.8, 4) is 17.2 Å². The molecule has 0 radical (unpaired) electrons. The highest BCUT2D eigenvalue weighted by atomic mass is 32.2. The minimum atomic E-state index is -4.30. The van der Waals surface area contributed by atoms with Crippen LogP contribution in [-0.4, -0.2) is 80.9 Å². The molecule has 0 saturated carbocycles. The van der Waals surface area contributed by atoms with E-state index in [9.17, 15) is 35.4 Å². The van der Waals surface area contributed by atoms with Crippen molar-refractivity contribution in [2.24, 2.45) is 0 Å². The Hall–Kier alpha value is -2.25. The standard InChI is InChI=1S/C18H29NO14S3/c1-13(2)16-14(31-6-3-9-34(22,23)24)12-15(32-7-4-10-35(25,26)27)17(19(20)21)18(16)33-8-5-11-36(28,29)30/h12-13H,3-11H2,1-2H3,(H,22,23,24)(H,25,26,27)(H,28,29,30). The van der Waals surface area contributed by atoms with Gasteiger partial charge in [0.25, 0.3) is 30.4 Å². The monoisotopic (exact) mass is 579 g/mol. The molecule has 0 bridgehead atoms. The molecular formula is C18H29NO14S3. The van der Waals surface area contributed by atoms with Crippen LogP contribution in [0.2, 0.25) is 0 Å². The topological polar surface area (TPSA) is 234 Å². The van der Waals surface area contributed by atoms with E-state index in [1.807, 2.05) is 0 Å². The fourth-order valence-corrected chi connectivity index (χ4v) is 4.42. The molecule has 0 aromatic heterocycles. The van der Waals surface area contributed by atoms with Crippen LogP contribution in [0.25, 0.3) is 0 Å². The van der Waals surface area contributed by atoms with Crippen molar-refractivity contribution >= 4 is 36.0 Å².